The zero-order valence-electron chi connectivity index (χ0n) is 21.8. The molecule has 3 N–H and O–H groups in total. The topological polar surface area (TPSA) is 61.4 Å². The number of hydrogen-bond donors (Lipinski definition) is 3. The third kappa shape index (κ3) is 4.79. The predicted molar refractivity (Wildman–Crippen MR) is 149 cm³/mol. The average Bonchev–Trinajstić information content (AvgIpc) is 3.40. The van der Waals surface area contributed by atoms with E-state index in [1.807, 2.05) is 13.0 Å². The van der Waals surface area contributed by atoms with Crippen molar-refractivity contribution in [3.8, 4) is 0 Å². The Balaban J connectivity index is 1.24. The molecule has 0 amide bonds. The van der Waals surface area contributed by atoms with E-state index in [2.05, 4.69) is 67.0 Å². The number of hydrogen-bond acceptors (Lipinski definition) is 4. The summed E-state index contributed by atoms with van der Waals surface area (Å²) in [6, 6.07) is 13.0. The number of carbonyl (C=O) groups is 1. The predicted octanol–water partition coefficient (Wildman–Crippen LogP) is 6.93. The number of nitrogens with one attached hydrogen (secondary N) is 2. The van der Waals surface area contributed by atoms with Crippen molar-refractivity contribution in [1.82, 2.24) is 0 Å². The van der Waals surface area contributed by atoms with Gasteiger partial charge in [-0.2, -0.15) is 0 Å². The summed E-state index contributed by atoms with van der Waals surface area (Å²) in [4.78, 5) is 12.6. The highest BCUT2D eigenvalue weighted by Crippen LogP contribution is 2.39. The van der Waals surface area contributed by atoms with Gasteiger partial charge in [0.1, 0.15) is 0 Å². The van der Waals surface area contributed by atoms with Crippen LogP contribution in [0.5, 0.6) is 0 Å². The Hall–Kier alpha value is -3.11. The van der Waals surface area contributed by atoms with Gasteiger partial charge in [0.25, 0.3) is 0 Å². The van der Waals surface area contributed by atoms with E-state index in [0.717, 1.165) is 62.0 Å². The summed E-state index contributed by atoms with van der Waals surface area (Å²) in [6.45, 7) is 7.98. The van der Waals surface area contributed by atoms with Gasteiger partial charge >= 0.3 is 0 Å². The Morgan fingerprint density at radius 3 is 2.83 bits per heavy atom. The minimum atomic E-state index is -0.457. The van der Waals surface area contributed by atoms with Crippen LogP contribution in [0.3, 0.4) is 0 Å². The number of rotatable bonds is 8. The molecule has 0 aromatic heterocycles. The number of benzene rings is 2. The number of aliphatic hydroxyl groups excluding tert-OH is 1. The maximum absolute atomic E-state index is 12.6. The Kier molecular flexibility index (Phi) is 7.15. The first-order valence-corrected chi connectivity index (χ1v) is 13.5. The van der Waals surface area contributed by atoms with Gasteiger partial charge in [-0.25, -0.2) is 0 Å². The smallest absolute Gasteiger partial charge is 0.163 e. The Bertz CT molecular complexity index is 1260. The number of para-hydroxylation sites is 1. The first-order chi connectivity index (χ1) is 17.5. The molecule has 0 bridgehead atoms. The second kappa shape index (κ2) is 10.5. The van der Waals surface area contributed by atoms with Crippen molar-refractivity contribution in [2.75, 3.05) is 23.7 Å². The zero-order valence-corrected chi connectivity index (χ0v) is 21.8. The molecule has 2 aromatic rings. The van der Waals surface area contributed by atoms with Crippen LogP contribution in [-0.4, -0.2) is 24.0 Å². The molecular weight excluding hydrogens is 444 g/mol. The van der Waals surface area contributed by atoms with E-state index in [0.29, 0.717) is 18.1 Å². The van der Waals surface area contributed by atoms with Crippen molar-refractivity contribution >= 4 is 17.2 Å². The minimum absolute atomic E-state index is 0.334. The lowest BCUT2D eigenvalue weighted by Crippen LogP contribution is -2.10. The molecule has 4 nitrogen and oxygen atoms in total. The largest absolute Gasteiger partial charge is 0.389 e. The molecule has 0 radical (unpaired) electrons. The highest BCUT2D eigenvalue weighted by atomic mass is 16.3. The number of ketones is 1. The summed E-state index contributed by atoms with van der Waals surface area (Å²) >= 11 is 0. The summed E-state index contributed by atoms with van der Waals surface area (Å²) in [7, 11) is 0. The fraction of sp³-hybridized carbons (Fsp3) is 0.406. The molecule has 2 atom stereocenters. The van der Waals surface area contributed by atoms with Crippen molar-refractivity contribution < 1.29 is 9.90 Å². The molecule has 0 saturated heterocycles. The van der Waals surface area contributed by atoms with Gasteiger partial charge < -0.3 is 15.7 Å². The van der Waals surface area contributed by atoms with E-state index in [-0.39, 0.29) is 0 Å². The van der Waals surface area contributed by atoms with E-state index < -0.39 is 6.10 Å². The molecule has 1 saturated carbocycles. The van der Waals surface area contributed by atoms with Crippen LogP contribution in [0.4, 0.5) is 11.4 Å². The van der Waals surface area contributed by atoms with Gasteiger partial charge in [-0.05, 0) is 79.9 Å². The molecule has 2 aliphatic carbocycles. The zero-order chi connectivity index (χ0) is 25.2. The van der Waals surface area contributed by atoms with E-state index in [1.165, 1.54) is 39.1 Å². The summed E-state index contributed by atoms with van der Waals surface area (Å²) in [5, 5.41) is 17.2. The van der Waals surface area contributed by atoms with Crippen LogP contribution < -0.4 is 10.6 Å². The number of allylic oxidation sites excluding steroid dienone is 6. The maximum atomic E-state index is 12.6. The molecule has 4 heteroatoms. The molecular formula is C32H38N2O2. The molecule has 1 heterocycles. The van der Waals surface area contributed by atoms with E-state index in [9.17, 15) is 9.90 Å². The van der Waals surface area contributed by atoms with Crippen LogP contribution in [0.1, 0.15) is 80.2 Å². The van der Waals surface area contributed by atoms with Crippen molar-refractivity contribution in [2.45, 2.75) is 71.3 Å². The van der Waals surface area contributed by atoms with Gasteiger partial charge in [0, 0.05) is 47.9 Å². The Labute approximate surface area is 215 Å². The van der Waals surface area contributed by atoms with Gasteiger partial charge in [0.2, 0.25) is 0 Å². The van der Waals surface area contributed by atoms with Gasteiger partial charge in [0.15, 0.2) is 5.78 Å². The second-order valence-electron chi connectivity index (χ2n) is 10.5. The average molecular weight is 483 g/mol. The summed E-state index contributed by atoms with van der Waals surface area (Å²) in [6.07, 6.45) is 9.34. The molecule has 2 unspecified atom stereocenters. The first kappa shape index (κ1) is 24.6. The van der Waals surface area contributed by atoms with Crippen molar-refractivity contribution in [2.24, 2.45) is 0 Å². The standard InChI is InChI=1S/C32H38N2O2/c1-4-23-7-5-8-24(27-12-14-30(36)31(23)27)18-22-11-13-29(20(2)17-22)33-16-15-25-19-34-32-26(21(3)35)9-6-10-28(25)32/h5-6,8-11,13,17,21,25,33-35H,4,7,12,14-16,18-19H2,1-3H3. The van der Waals surface area contributed by atoms with Crippen LogP contribution in [-0.2, 0) is 11.2 Å². The number of anilines is 2. The van der Waals surface area contributed by atoms with Crippen LogP contribution in [0, 0.1) is 6.92 Å². The van der Waals surface area contributed by atoms with Gasteiger partial charge in [-0.15, -0.1) is 0 Å². The SMILES string of the molecule is CCC1=C2C(=O)CCC2=C(Cc2ccc(NCCC3CNc4c(C(C)O)cccc43)c(C)c2)C=CC1. The summed E-state index contributed by atoms with van der Waals surface area (Å²) in [5.74, 6) is 0.784. The number of fused-ring (bicyclic) bond motifs is 2. The lowest BCUT2D eigenvalue weighted by atomic mass is 9.93. The fourth-order valence-electron chi connectivity index (χ4n) is 6.13. The van der Waals surface area contributed by atoms with Crippen molar-refractivity contribution in [3.63, 3.8) is 0 Å². The van der Waals surface area contributed by atoms with Gasteiger partial charge in [-0.3, -0.25) is 4.79 Å². The third-order valence-electron chi connectivity index (χ3n) is 8.07. The van der Waals surface area contributed by atoms with E-state index in [1.54, 1.807) is 0 Å². The quantitative estimate of drug-likeness (QED) is 0.382. The third-order valence-corrected chi connectivity index (χ3v) is 8.07. The summed E-state index contributed by atoms with van der Waals surface area (Å²) < 4.78 is 0. The molecule has 5 rings (SSSR count). The first-order valence-electron chi connectivity index (χ1n) is 13.5. The molecule has 1 aliphatic heterocycles. The lowest BCUT2D eigenvalue weighted by Gasteiger charge is -2.15. The maximum Gasteiger partial charge on any atom is 0.163 e. The number of Topliss-reactive ketones (excluding diaryl/α,β-unsaturated/α-hetero) is 1. The fourth-order valence-corrected chi connectivity index (χ4v) is 6.13. The van der Waals surface area contributed by atoms with Crippen molar-refractivity contribution in [3.05, 3.63) is 93.1 Å². The van der Waals surface area contributed by atoms with Crippen LogP contribution in [0.2, 0.25) is 0 Å². The van der Waals surface area contributed by atoms with Gasteiger partial charge in [0.05, 0.1) is 6.10 Å². The van der Waals surface area contributed by atoms with E-state index >= 15 is 0 Å². The normalized spacial score (nSPS) is 19.8. The number of aliphatic hydroxyl groups is 1. The Morgan fingerprint density at radius 1 is 1.19 bits per heavy atom. The molecule has 3 aliphatic rings. The lowest BCUT2D eigenvalue weighted by molar-refractivity contribution is -0.114. The Morgan fingerprint density at radius 2 is 2.06 bits per heavy atom. The number of aryl methyl sites for hydroxylation is 1. The van der Waals surface area contributed by atoms with Crippen LogP contribution in [0.15, 0.2) is 70.8 Å². The minimum Gasteiger partial charge on any atom is -0.389 e. The molecule has 2 aromatic carbocycles. The monoisotopic (exact) mass is 482 g/mol. The van der Waals surface area contributed by atoms with Gasteiger partial charge in [-0.1, -0.05) is 55.0 Å². The molecule has 188 valence electrons. The van der Waals surface area contributed by atoms with E-state index in [4.69, 9.17) is 0 Å². The van der Waals surface area contributed by atoms with Crippen LogP contribution >= 0.6 is 0 Å². The highest BCUT2D eigenvalue weighted by molar-refractivity contribution is 6.04. The molecule has 0 spiro atoms. The highest BCUT2D eigenvalue weighted by Gasteiger charge is 2.28. The molecule has 36 heavy (non-hydrogen) atoms. The molecule has 1 fully saturated rings. The number of carbonyl (C=O) groups excluding carboxylic acids is 1. The second-order valence-corrected chi connectivity index (χ2v) is 10.5. The summed E-state index contributed by atoms with van der Waals surface area (Å²) in [5.41, 5.74) is 12.1. The van der Waals surface area contributed by atoms with Crippen LogP contribution in [0.25, 0.3) is 0 Å². The van der Waals surface area contributed by atoms with Crippen molar-refractivity contribution in [1.29, 1.82) is 0 Å².